The van der Waals surface area contributed by atoms with E-state index in [0.717, 1.165) is 39.3 Å². The Kier molecular flexibility index (Phi) is 5.84. The van der Waals surface area contributed by atoms with Crippen molar-refractivity contribution in [2.24, 2.45) is 11.8 Å². The molecule has 0 aromatic carbocycles. The van der Waals surface area contributed by atoms with E-state index >= 15 is 0 Å². The van der Waals surface area contributed by atoms with Crippen LogP contribution >= 0.6 is 0 Å². The van der Waals surface area contributed by atoms with E-state index in [-0.39, 0.29) is 23.8 Å². The highest BCUT2D eigenvalue weighted by Gasteiger charge is 2.39. The minimum atomic E-state index is -0.0235. The number of likely N-dealkylation sites (N-methyl/N-ethyl adjacent to an activating group) is 1. The van der Waals surface area contributed by atoms with Gasteiger partial charge in [-0.25, -0.2) is 0 Å². The molecule has 2 heterocycles. The molecule has 0 aliphatic carbocycles. The summed E-state index contributed by atoms with van der Waals surface area (Å²) in [7, 11) is 0. The zero-order valence-electron chi connectivity index (χ0n) is 14.5. The summed E-state index contributed by atoms with van der Waals surface area (Å²) >= 11 is 0. The van der Waals surface area contributed by atoms with Crippen molar-refractivity contribution in [3.63, 3.8) is 0 Å². The summed E-state index contributed by atoms with van der Waals surface area (Å²) in [4.78, 5) is 31.3. The second kappa shape index (κ2) is 7.44. The van der Waals surface area contributed by atoms with Gasteiger partial charge in [0.25, 0.3) is 0 Å². The van der Waals surface area contributed by atoms with Crippen molar-refractivity contribution in [1.82, 2.24) is 14.7 Å². The summed E-state index contributed by atoms with van der Waals surface area (Å²) in [6, 6.07) is 0.0281. The van der Waals surface area contributed by atoms with Crippen LogP contribution in [0.25, 0.3) is 0 Å². The number of carbonyl (C=O) groups excluding carboxylic acids is 2. The first kappa shape index (κ1) is 17.3. The maximum absolute atomic E-state index is 12.9. The highest BCUT2D eigenvalue weighted by molar-refractivity contribution is 5.84. The number of hydrogen-bond acceptors (Lipinski definition) is 3. The first-order chi connectivity index (χ1) is 10.4. The summed E-state index contributed by atoms with van der Waals surface area (Å²) in [6.45, 7) is 13.9. The molecule has 5 nitrogen and oxygen atoms in total. The van der Waals surface area contributed by atoms with E-state index in [2.05, 4.69) is 25.7 Å². The molecule has 0 radical (unpaired) electrons. The molecule has 0 N–H and O–H groups in total. The smallest absolute Gasteiger partial charge is 0.227 e. The van der Waals surface area contributed by atoms with Gasteiger partial charge in [-0.2, -0.15) is 0 Å². The quantitative estimate of drug-likeness (QED) is 0.789. The highest BCUT2D eigenvalue weighted by atomic mass is 16.2. The summed E-state index contributed by atoms with van der Waals surface area (Å²) in [6.07, 6.45) is 1.23. The molecular formula is C17H31N3O2. The van der Waals surface area contributed by atoms with Crippen molar-refractivity contribution in [3.05, 3.63) is 0 Å². The lowest BCUT2D eigenvalue weighted by Gasteiger charge is -2.42. The van der Waals surface area contributed by atoms with E-state index in [1.807, 2.05) is 16.7 Å². The van der Waals surface area contributed by atoms with Crippen molar-refractivity contribution >= 4 is 11.8 Å². The maximum atomic E-state index is 12.9. The van der Waals surface area contributed by atoms with Crippen LogP contribution in [0.4, 0.5) is 0 Å². The minimum absolute atomic E-state index is 0.0235. The molecule has 2 saturated heterocycles. The number of carbonyl (C=O) groups is 2. The first-order valence-electron chi connectivity index (χ1n) is 8.74. The van der Waals surface area contributed by atoms with E-state index < -0.39 is 0 Å². The molecule has 2 fully saturated rings. The molecule has 0 bridgehead atoms. The lowest BCUT2D eigenvalue weighted by molar-refractivity contribution is -0.148. The molecule has 2 rings (SSSR count). The molecule has 5 heteroatoms. The molecular weight excluding hydrogens is 278 g/mol. The van der Waals surface area contributed by atoms with Gasteiger partial charge in [-0.3, -0.25) is 9.59 Å². The average molecular weight is 309 g/mol. The van der Waals surface area contributed by atoms with Crippen LogP contribution in [0.1, 0.15) is 40.5 Å². The molecule has 2 aliphatic rings. The van der Waals surface area contributed by atoms with E-state index in [1.165, 1.54) is 0 Å². The van der Waals surface area contributed by atoms with Crippen molar-refractivity contribution < 1.29 is 9.59 Å². The summed E-state index contributed by atoms with van der Waals surface area (Å²) in [5.41, 5.74) is 0. The van der Waals surface area contributed by atoms with Crippen LogP contribution in [0.15, 0.2) is 0 Å². The van der Waals surface area contributed by atoms with Crippen LogP contribution in [0.3, 0.4) is 0 Å². The fraction of sp³-hybridized carbons (Fsp3) is 0.882. The van der Waals surface area contributed by atoms with Gasteiger partial charge < -0.3 is 14.7 Å². The summed E-state index contributed by atoms with van der Waals surface area (Å²) in [5.74, 6) is 0.878. The molecule has 0 aromatic rings. The first-order valence-corrected chi connectivity index (χ1v) is 8.74. The minimum Gasteiger partial charge on any atom is -0.340 e. The number of rotatable bonds is 4. The number of amides is 2. The largest absolute Gasteiger partial charge is 0.340 e. The molecule has 2 unspecified atom stereocenters. The SMILES string of the molecule is CCN1CCN(C(=O)C2CCC(=O)N(CC(C)C)C2C)CC1. The van der Waals surface area contributed by atoms with Gasteiger partial charge in [0.1, 0.15) is 0 Å². The molecule has 0 saturated carbocycles. The van der Waals surface area contributed by atoms with Crippen LogP contribution < -0.4 is 0 Å². The third kappa shape index (κ3) is 3.80. The zero-order valence-corrected chi connectivity index (χ0v) is 14.5. The lowest BCUT2D eigenvalue weighted by Crippen LogP contribution is -2.56. The summed E-state index contributed by atoms with van der Waals surface area (Å²) in [5, 5.41) is 0. The van der Waals surface area contributed by atoms with Crippen LogP contribution in [-0.4, -0.2) is 71.8 Å². The Balaban J connectivity index is 1.98. The fourth-order valence-electron chi connectivity index (χ4n) is 3.62. The predicted octanol–water partition coefficient (Wildman–Crippen LogP) is 1.43. The van der Waals surface area contributed by atoms with E-state index in [0.29, 0.717) is 18.8 Å². The van der Waals surface area contributed by atoms with Gasteiger partial charge in [-0.1, -0.05) is 20.8 Å². The Hall–Kier alpha value is -1.10. The van der Waals surface area contributed by atoms with Gasteiger partial charge in [-0.05, 0) is 25.8 Å². The normalized spacial score (nSPS) is 27.6. The highest BCUT2D eigenvalue weighted by Crippen LogP contribution is 2.27. The van der Waals surface area contributed by atoms with Crippen molar-refractivity contribution in [1.29, 1.82) is 0 Å². The molecule has 22 heavy (non-hydrogen) atoms. The Morgan fingerprint density at radius 2 is 1.86 bits per heavy atom. The monoisotopic (exact) mass is 309 g/mol. The number of piperazine rings is 1. The Morgan fingerprint density at radius 3 is 2.41 bits per heavy atom. The molecule has 2 amide bonds. The molecule has 2 aliphatic heterocycles. The molecule has 126 valence electrons. The van der Waals surface area contributed by atoms with Crippen molar-refractivity contribution in [2.45, 2.75) is 46.6 Å². The second-order valence-corrected chi connectivity index (χ2v) is 7.09. The van der Waals surface area contributed by atoms with Crippen LogP contribution in [0.2, 0.25) is 0 Å². The number of likely N-dealkylation sites (tertiary alicyclic amines) is 1. The number of nitrogens with zero attached hydrogens (tertiary/aromatic N) is 3. The number of hydrogen-bond donors (Lipinski definition) is 0. The third-order valence-corrected chi connectivity index (χ3v) is 5.07. The predicted molar refractivity (Wildman–Crippen MR) is 87.4 cm³/mol. The Labute approximate surface area is 134 Å². The third-order valence-electron chi connectivity index (χ3n) is 5.07. The number of piperidine rings is 1. The van der Waals surface area contributed by atoms with E-state index in [9.17, 15) is 9.59 Å². The zero-order chi connectivity index (χ0) is 16.3. The lowest BCUT2D eigenvalue weighted by atomic mass is 9.87. The fourth-order valence-corrected chi connectivity index (χ4v) is 3.62. The van der Waals surface area contributed by atoms with Gasteiger partial charge in [0.15, 0.2) is 0 Å². The molecule has 0 spiro atoms. The standard InChI is InChI=1S/C17H31N3O2/c1-5-18-8-10-19(11-9-18)17(22)15-6-7-16(21)20(14(15)4)12-13(2)3/h13-15H,5-12H2,1-4H3. The van der Waals surface area contributed by atoms with E-state index in [1.54, 1.807) is 0 Å². The van der Waals surface area contributed by atoms with Gasteiger partial charge >= 0.3 is 0 Å². The topological polar surface area (TPSA) is 43.9 Å². The van der Waals surface area contributed by atoms with Gasteiger partial charge in [-0.15, -0.1) is 0 Å². The van der Waals surface area contributed by atoms with Crippen LogP contribution in [0.5, 0.6) is 0 Å². The summed E-state index contributed by atoms with van der Waals surface area (Å²) < 4.78 is 0. The van der Waals surface area contributed by atoms with E-state index in [4.69, 9.17) is 0 Å². The van der Waals surface area contributed by atoms with Crippen molar-refractivity contribution in [2.75, 3.05) is 39.3 Å². The average Bonchev–Trinajstić information content (AvgIpc) is 2.51. The van der Waals surface area contributed by atoms with Gasteiger partial charge in [0.2, 0.25) is 11.8 Å². The van der Waals surface area contributed by atoms with Crippen molar-refractivity contribution in [3.8, 4) is 0 Å². The Morgan fingerprint density at radius 1 is 1.23 bits per heavy atom. The Bertz CT molecular complexity index is 403. The molecule has 2 atom stereocenters. The molecule has 0 aromatic heterocycles. The van der Waals surface area contributed by atoms with Gasteiger partial charge in [0, 0.05) is 45.2 Å². The van der Waals surface area contributed by atoms with Crippen LogP contribution in [-0.2, 0) is 9.59 Å². The maximum Gasteiger partial charge on any atom is 0.227 e. The van der Waals surface area contributed by atoms with Gasteiger partial charge in [0.05, 0.1) is 5.92 Å². The van der Waals surface area contributed by atoms with Crippen LogP contribution in [0, 0.1) is 11.8 Å². The second-order valence-electron chi connectivity index (χ2n) is 7.09.